The van der Waals surface area contributed by atoms with Gasteiger partial charge in [-0.15, -0.1) is 0 Å². The van der Waals surface area contributed by atoms with Gasteiger partial charge in [-0.3, -0.25) is 0 Å². The van der Waals surface area contributed by atoms with Crippen LogP contribution in [0.3, 0.4) is 0 Å². The maximum atomic E-state index is 14.4. The summed E-state index contributed by atoms with van der Waals surface area (Å²) in [5.41, 5.74) is 4.08. The number of hydrogen-bond acceptors (Lipinski definition) is 1. The molecule has 3 aromatic carbocycles. The molecule has 0 radical (unpaired) electrons. The summed E-state index contributed by atoms with van der Waals surface area (Å²) in [6, 6.07) is 19.5. The maximum absolute atomic E-state index is 14.4. The first kappa shape index (κ1) is 14.1. The van der Waals surface area contributed by atoms with Crippen LogP contribution in [-0.4, -0.2) is 5.11 Å². The highest BCUT2D eigenvalue weighted by Crippen LogP contribution is 2.29. The average Bonchev–Trinajstić information content (AvgIpc) is 2.56. The Morgan fingerprint density at radius 3 is 1.95 bits per heavy atom. The first-order valence-electron chi connectivity index (χ1n) is 6.99. The Labute approximate surface area is 129 Å². The summed E-state index contributed by atoms with van der Waals surface area (Å²) < 4.78 is 14.4. The van der Waals surface area contributed by atoms with Crippen LogP contribution in [0.5, 0.6) is 5.75 Å². The molecule has 0 aliphatic heterocycles. The fraction of sp³-hybridized carbons (Fsp3) is 0. The van der Waals surface area contributed by atoms with Crippen molar-refractivity contribution in [2.75, 3.05) is 0 Å². The van der Waals surface area contributed by atoms with E-state index in [1.807, 2.05) is 30.3 Å². The molecular formula is C20H15FO. The molecule has 2 heteroatoms. The minimum absolute atomic E-state index is 0.170. The standard InChI is InChI=1S/C20H15FO/c1-2-14-3-5-15(6-4-14)17-9-12-19(20(21)13-17)16-7-10-18(22)11-8-16/h2-13,22H,1H2. The van der Waals surface area contributed by atoms with E-state index in [0.717, 1.165) is 22.3 Å². The summed E-state index contributed by atoms with van der Waals surface area (Å²) in [5.74, 6) is -0.112. The van der Waals surface area contributed by atoms with E-state index < -0.39 is 0 Å². The molecule has 0 aliphatic rings. The molecule has 1 N–H and O–H groups in total. The van der Waals surface area contributed by atoms with Gasteiger partial charge in [-0.05, 0) is 40.5 Å². The third-order valence-electron chi connectivity index (χ3n) is 3.63. The molecule has 0 aliphatic carbocycles. The molecule has 0 saturated heterocycles. The largest absolute Gasteiger partial charge is 0.508 e. The second-order valence-electron chi connectivity index (χ2n) is 5.07. The quantitative estimate of drug-likeness (QED) is 0.674. The van der Waals surface area contributed by atoms with Crippen LogP contribution in [0.15, 0.2) is 73.3 Å². The lowest BCUT2D eigenvalue weighted by Gasteiger charge is -2.07. The zero-order chi connectivity index (χ0) is 15.5. The van der Waals surface area contributed by atoms with Crippen LogP contribution in [0.1, 0.15) is 5.56 Å². The molecular weight excluding hydrogens is 275 g/mol. The Morgan fingerprint density at radius 2 is 1.36 bits per heavy atom. The molecule has 0 atom stereocenters. The van der Waals surface area contributed by atoms with Gasteiger partial charge < -0.3 is 5.11 Å². The Morgan fingerprint density at radius 1 is 0.773 bits per heavy atom. The van der Waals surface area contributed by atoms with Crippen LogP contribution in [0.25, 0.3) is 28.3 Å². The number of rotatable bonds is 3. The smallest absolute Gasteiger partial charge is 0.131 e. The molecule has 0 amide bonds. The fourth-order valence-electron chi connectivity index (χ4n) is 2.38. The lowest BCUT2D eigenvalue weighted by Crippen LogP contribution is -1.86. The average molecular weight is 290 g/mol. The molecule has 3 aromatic rings. The van der Waals surface area contributed by atoms with E-state index in [1.165, 1.54) is 6.07 Å². The third-order valence-corrected chi connectivity index (χ3v) is 3.63. The lowest BCUT2D eigenvalue weighted by molar-refractivity contribution is 0.475. The van der Waals surface area contributed by atoms with Gasteiger partial charge in [0.15, 0.2) is 0 Å². The van der Waals surface area contributed by atoms with Crippen molar-refractivity contribution in [3.05, 3.63) is 84.7 Å². The van der Waals surface area contributed by atoms with Gasteiger partial charge in [-0.25, -0.2) is 4.39 Å². The predicted octanol–water partition coefficient (Wildman–Crippen LogP) is 5.51. The minimum atomic E-state index is -0.281. The fourth-order valence-corrected chi connectivity index (χ4v) is 2.38. The van der Waals surface area contributed by atoms with Gasteiger partial charge in [0.05, 0.1) is 0 Å². The SMILES string of the molecule is C=Cc1ccc(-c2ccc(-c3ccc(O)cc3)c(F)c2)cc1. The Balaban J connectivity index is 1.97. The summed E-state index contributed by atoms with van der Waals surface area (Å²) in [5, 5.41) is 9.31. The Kier molecular flexibility index (Phi) is 3.75. The number of hydrogen-bond donors (Lipinski definition) is 1. The van der Waals surface area contributed by atoms with Crippen molar-refractivity contribution < 1.29 is 9.50 Å². The Bertz CT molecular complexity index is 802. The Hall–Kier alpha value is -2.87. The summed E-state index contributed by atoms with van der Waals surface area (Å²) in [6.07, 6.45) is 1.78. The third kappa shape index (κ3) is 2.77. The van der Waals surface area contributed by atoms with Gasteiger partial charge in [0.25, 0.3) is 0 Å². The van der Waals surface area contributed by atoms with Crippen molar-refractivity contribution in [1.29, 1.82) is 0 Å². The van der Waals surface area contributed by atoms with Crippen molar-refractivity contribution >= 4 is 6.08 Å². The van der Waals surface area contributed by atoms with Crippen molar-refractivity contribution in [1.82, 2.24) is 0 Å². The van der Waals surface area contributed by atoms with Gasteiger partial charge in [0.2, 0.25) is 0 Å². The van der Waals surface area contributed by atoms with Gasteiger partial charge in [0, 0.05) is 5.56 Å². The summed E-state index contributed by atoms with van der Waals surface area (Å²) in [7, 11) is 0. The highest BCUT2D eigenvalue weighted by molar-refractivity contribution is 5.72. The molecule has 0 spiro atoms. The maximum Gasteiger partial charge on any atom is 0.131 e. The van der Waals surface area contributed by atoms with Gasteiger partial charge in [0.1, 0.15) is 11.6 Å². The molecule has 22 heavy (non-hydrogen) atoms. The molecule has 0 bridgehead atoms. The van der Waals surface area contributed by atoms with Crippen molar-refractivity contribution in [3.63, 3.8) is 0 Å². The molecule has 3 rings (SSSR count). The number of aromatic hydroxyl groups is 1. The molecule has 0 heterocycles. The van der Waals surface area contributed by atoms with Crippen LogP contribution in [-0.2, 0) is 0 Å². The number of phenols is 1. The van der Waals surface area contributed by atoms with E-state index >= 15 is 0 Å². The van der Waals surface area contributed by atoms with Crippen LogP contribution in [0.4, 0.5) is 4.39 Å². The van der Waals surface area contributed by atoms with E-state index in [0.29, 0.717) is 5.56 Å². The molecule has 1 nitrogen and oxygen atoms in total. The monoisotopic (exact) mass is 290 g/mol. The van der Waals surface area contributed by atoms with Gasteiger partial charge in [-0.2, -0.15) is 0 Å². The second-order valence-corrected chi connectivity index (χ2v) is 5.07. The van der Waals surface area contributed by atoms with E-state index in [2.05, 4.69) is 6.58 Å². The number of benzene rings is 3. The first-order chi connectivity index (χ1) is 10.7. The van der Waals surface area contributed by atoms with Crippen molar-refractivity contribution in [3.8, 4) is 28.0 Å². The minimum Gasteiger partial charge on any atom is -0.508 e. The summed E-state index contributed by atoms with van der Waals surface area (Å²) >= 11 is 0. The zero-order valence-corrected chi connectivity index (χ0v) is 12.0. The number of halogens is 1. The van der Waals surface area contributed by atoms with E-state index in [4.69, 9.17) is 0 Å². The van der Waals surface area contributed by atoms with Gasteiger partial charge >= 0.3 is 0 Å². The van der Waals surface area contributed by atoms with Crippen molar-refractivity contribution in [2.45, 2.75) is 0 Å². The van der Waals surface area contributed by atoms with Crippen LogP contribution in [0, 0.1) is 5.82 Å². The summed E-state index contributed by atoms with van der Waals surface area (Å²) in [6.45, 7) is 3.72. The predicted molar refractivity (Wildman–Crippen MR) is 89.0 cm³/mol. The normalized spacial score (nSPS) is 10.4. The van der Waals surface area contributed by atoms with Crippen molar-refractivity contribution in [2.24, 2.45) is 0 Å². The highest BCUT2D eigenvalue weighted by Gasteiger charge is 2.07. The zero-order valence-electron chi connectivity index (χ0n) is 12.0. The van der Waals surface area contributed by atoms with E-state index in [9.17, 15) is 9.50 Å². The number of phenolic OH excluding ortho intramolecular Hbond substituents is 1. The first-order valence-corrected chi connectivity index (χ1v) is 6.99. The van der Waals surface area contributed by atoms with Crippen LogP contribution < -0.4 is 0 Å². The van der Waals surface area contributed by atoms with Crippen LogP contribution >= 0.6 is 0 Å². The van der Waals surface area contributed by atoms with E-state index in [1.54, 1.807) is 36.4 Å². The van der Waals surface area contributed by atoms with Crippen LogP contribution in [0.2, 0.25) is 0 Å². The molecule has 108 valence electrons. The lowest BCUT2D eigenvalue weighted by atomic mass is 9.99. The topological polar surface area (TPSA) is 20.2 Å². The molecule has 0 saturated carbocycles. The second kappa shape index (κ2) is 5.86. The molecule has 0 unspecified atom stereocenters. The van der Waals surface area contributed by atoms with E-state index in [-0.39, 0.29) is 11.6 Å². The molecule has 0 aromatic heterocycles. The summed E-state index contributed by atoms with van der Waals surface area (Å²) in [4.78, 5) is 0. The highest BCUT2D eigenvalue weighted by atomic mass is 19.1. The van der Waals surface area contributed by atoms with Gasteiger partial charge in [-0.1, -0.05) is 61.2 Å². The molecule has 0 fully saturated rings.